The maximum absolute atomic E-state index is 13.4. The van der Waals surface area contributed by atoms with Crippen LogP contribution in [0.25, 0.3) is 16.8 Å². The fourth-order valence-electron chi connectivity index (χ4n) is 3.68. The molecule has 0 atom stereocenters. The minimum atomic E-state index is -0.304. The molecule has 1 N–H and O–H groups in total. The van der Waals surface area contributed by atoms with Gasteiger partial charge in [0, 0.05) is 17.0 Å². The number of carbonyl (C=O) groups excluding carboxylic acids is 1. The van der Waals surface area contributed by atoms with Crippen molar-refractivity contribution in [1.82, 2.24) is 25.5 Å². The standard InChI is InChI=1S/C23H26FN5O/c1-14(2)21-26-27-28-29(21)20-12-16(15-5-9-19(24)10-6-15)11-17(13-20)22(30)25-23(3,4)18-7-8-18/h5-6,9-14,18H,7-8H2,1-4H3,(H,25,30). The molecule has 1 aliphatic rings. The Morgan fingerprint density at radius 2 is 1.83 bits per heavy atom. The van der Waals surface area contributed by atoms with Crippen molar-refractivity contribution in [2.75, 3.05) is 0 Å². The summed E-state index contributed by atoms with van der Waals surface area (Å²) in [6.45, 7) is 8.15. The van der Waals surface area contributed by atoms with E-state index in [1.165, 1.54) is 12.1 Å². The molecule has 0 bridgehead atoms. The minimum Gasteiger partial charge on any atom is -0.347 e. The van der Waals surface area contributed by atoms with Crippen LogP contribution < -0.4 is 5.32 Å². The van der Waals surface area contributed by atoms with Crippen molar-refractivity contribution in [1.29, 1.82) is 0 Å². The lowest BCUT2D eigenvalue weighted by atomic mass is 9.97. The zero-order valence-corrected chi connectivity index (χ0v) is 17.7. The van der Waals surface area contributed by atoms with E-state index in [0.29, 0.717) is 23.0 Å². The molecule has 3 aromatic rings. The molecule has 1 heterocycles. The molecule has 7 heteroatoms. The number of carbonyl (C=O) groups is 1. The van der Waals surface area contributed by atoms with Crippen LogP contribution in [0.2, 0.25) is 0 Å². The molecule has 0 unspecified atom stereocenters. The Kier molecular flexibility index (Phi) is 5.13. The van der Waals surface area contributed by atoms with Gasteiger partial charge in [0.2, 0.25) is 0 Å². The van der Waals surface area contributed by atoms with Gasteiger partial charge in [-0.25, -0.2) is 4.39 Å². The third kappa shape index (κ3) is 4.10. The fourth-order valence-corrected chi connectivity index (χ4v) is 3.68. The van der Waals surface area contributed by atoms with Crippen LogP contribution in [0.4, 0.5) is 4.39 Å². The molecule has 0 spiro atoms. The maximum atomic E-state index is 13.4. The normalized spacial score (nSPS) is 14.2. The fraction of sp³-hybridized carbons (Fsp3) is 0.391. The van der Waals surface area contributed by atoms with Gasteiger partial charge < -0.3 is 5.32 Å². The minimum absolute atomic E-state index is 0.112. The van der Waals surface area contributed by atoms with Gasteiger partial charge in [0.15, 0.2) is 5.82 Å². The molecule has 1 saturated carbocycles. The molecule has 1 fully saturated rings. The molecule has 1 amide bonds. The Balaban J connectivity index is 1.78. The van der Waals surface area contributed by atoms with E-state index in [0.717, 1.165) is 24.0 Å². The summed E-state index contributed by atoms with van der Waals surface area (Å²) in [5.74, 6) is 0.877. The molecule has 2 aromatic carbocycles. The van der Waals surface area contributed by atoms with E-state index in [9.17, 15) is 9.18 Å². The molecular weight excluding hydrogens is 381 g/mol. The van der Waals surface area contributed by atoms with Gasteiger partial charge >= 0.3 is 0 Å². The molecule has 6 nitrogen and oxygen atoms in total. The van der Waals surface area contributed by atoms with Crippen LogP contribution in [0.15, 0.2) is 42.5 Å². The Morgan fingerprint density at radius 1 is 1.13 bits per heavy atom. The van der Waals surface area contributed by atoms with Crippen LogP contribution in [0.1, 0.15) is 62.6 Å². The molecule has 30 heavy (non-hydrogen) atoms. The summed E-state index contributed by atoms with van der Waals surface area (Å²) in [4.78, 5) is 13.1. The Bertz CT molecular complexity index is 1070. The first-order chi connectivity index (χ1) is 14.2. The van der Waals surface area contributed by atoms with Gasteiger partial charge in [-0.1, -0.05) is 26.0 Å². The lowest BCUT2D eigenvalue weighted by molar-refractivity contribution is 0.0903. The van der Waals surface area contributed by atoms with Crippen molar-refractivity contribution in [2.24, 2.45) is 5.92 Å². The highest BCUT2D eigenvalue weighted by molar-refractivity contribution is 5.96. The van der Waals surface area contributed by atoms with E-state index in [1.807, 2.05) is 26.0 Å². The van der Waals surface area contributed by atoms with E-state index in [2.05, 4.69) is 34.7 Å². The smallest absolute Gasteiger partial charge is 0.251 e. The number of rotatable bonds is 6. The largest absolute Gasteiger partial charge is 0.347 e. The van der Waals surface area contributed by atoms with Gasteiger partial charge in [0.25, 0.3) is 5.91 Å². The summed E-state index contributed by atoms with van der Waals surface area (Å²) in [7, 11) is 0. The molecule has 4 rings (SSSR count). The summed E-state index contributed by atoms with van der Waals surface area (Å²) in [6.07, 6.45) is 2.27. The highest BCUT2D eigenvalue weighted by Gasteiger charge is 2.39. The molecule has 0 saturated heterocycles. The van der Waals surface area contributed by atoms with Crippen LogP contribution in [0.3, 0.4) is 0 Å². The topological polar surface area (TPSA) is 72.7 Å². The van der Waals surface area contributed by atoms with E-state index in [4.69, 9.17) is 0 Å². The average Bonchev–Trinajstić information content (AvgIpc) is 3.45. The second-order valence-electron chi connectivity index (χ2n) is 8.83. The van der Waals surface area contributed by atoms with E-state index >= 15 is 0 Å². The lowest BCUT2D eigenvalue weighted by Crippen LogP contribution is -2.45. The molecule has 0 aliphatic heterocycles. The number of halogens is 1. The van der Waals surface area contributed by atoms with Crippen molar-refractivity contribution in [3.8, 4) is 16.8 Å². The molecule has 1 aromatic heterocycles. The third-order valence-corrected chi connectivity index (χ3v) is 5.65. The number of tetrazole rings is 1. The molecule has 156 valence electrons. The predicted octanol–water partition coefficient (Wildman–Crippen LogP) is 4.51. The summed E-state index contributed by atoms with van der Waals surface area (Å²) < 4.78 is 15.1. The van der Waals surface area contributed by atoms with E-state index in [-0.39, 0.29) is 23.2 Å². The first kappa shape index (κ1) is 20.2. The Labute approximate surface area is 175 Å². The second kappa shape index (κ2) is 7.63. The average molecular weight is 407 g/mol. The van der Waals surface area contributed by atoms with Gasteiger partial charge in [0.1, 0.15) is 5.82 Å². The highest BCUT2D eigenvalue weighted by Crippen LogP contribution is 2.39. The van der Waals surface area contributed by atoms with Gasteiger partial charge in [-0.2, -0.15) is 4.68 Å². The molecule has 0 radical (unpaired) electrons. The number of aromatic nitrogens is 4. The van der Waals surface area contributed by atoms with Crippen molar-refractivity contribution >= 4 is 5.91 Å². The van der Waals surface area contributed by atoms with Gasteiger partial charge in [-0.3, -0.25) is 4.79 Å². The van der Waals surface area contributed by atoms with Crippen molar-refractivity contribution in [2.45, 2.75) is 52.0 Å². The number of amides is 1. The Hall–Kier alpha value is -3.09. The Morgan fingerprint density at radius 3 is 2.47 bits per heavy atom. The molecule has 1 aliphatic carbocycles. The van der Waals surface area contributed by atoms with Crippen molar-refractivity contribution in [3.63, 3.8) is 0 Å². The van der Waals surface area contributed by atoms with Crippen LogP contribution >= 0.6 is 0 Å². The van der Waals surface area contributed by atoms with Crippen LogP contribution in [-0.4, -0.2) is 31.7 Å². The number of hydrogen-bond acceptors (Lipinski definition) is 4. The number of hydrogen-bond donors (Lipinski definition) is 1. The number of benzene rings is 2. The SMILES string of the molecule is CC(C)c1nnnn1-c1cc(C(=O)NC(C)(C)C2CC2)cc(-c2ccc(F)cc2)c1. The lowest BCUT2D eigenvalue weighted by Gasteiger charge is -2.26. The van der Waals surface area contributed by atoms with Gasteiger partial charge in [0.05, 0.1) is 5.69 Å². The highest BCUT2D eigenvalue weighted by atomic mass is 19.1. The summed E-state index contributed by atoms with van der Waals surface area (Å²) in [5, 5.41) is 15.2. The first-order valence-electron chi connectivity index (χ1n) is 10.3. The predicted molar refractivity (Wildman–Crippen MR) is 113 cm³/mol. The van der Waals surface area contributed by atoms with Crippen molar-refractivity contribution < 1.29 is 9.18 Å². The zero-order valence-electron chi connectivity index (χ0n) is 17.7. The van der Waals surface area contributed by atoms with Gasteiger partial charge in [-0.15, -0.1) is 5.10 Å². The summed E-state index contributed by atoms with van der Waals surface area (Å²) in [6, 6.07) is 11.8. The first-order valence-corrected chi connectivity index (χ1v) is 10.3. The quantitative estimate of drug-likeness (QED) is 0.653. The van der Waals surface area contributed by atoms with Crippen molar-refractivity contribution in [3.05, 3.63) is 59.7 Å². The summed E-state index contributed by atoms with van der Waals surface area (Å²) >= 11 is 0. The van der Waals surface area contributed by atoms with Gasteiger partial charge in [-0.05, 0) is 84.5 Å². The maximum Gasteiger partial charge on any atom is 0.251 e. The monoisotopic (exact) mass is 407 g/mol. The number of nitrogens with one attached hydrogen (secondary N) is 1. The van der Waals surface area contributed by atoms with E-state index in [1.54, 1.807) is 22.9 Å². The van der Waals surface area contributed by atoms with E-state index < -0.39 is 0 Å². The summed E-state index contributed by atoms with van der Waals surface area (Å²) in [5.41, 5.74) is 2.56. The van der Waals surface area contributed by atoms with Crippen LogP contribution in [-0.2, 0) is 0 Å². The second-order valence-corrected chi connectivity index (χ2v) is 8.83. The zero-order chi connectivity index (χ0) is 21.5. The number of nitrogens with zero attached hydrogens (tertiary/aromatic N) is 4. The molecular formula is C23H26FN5O. The van der Waals surface area contributed by atoms with Crippen LogP contribution in [0, 0.1) is 11.7 Å². The van der Waals surface area contributed by atoms with Crippen LogP contribution in [0.5, 0.6) is 0 Å². The third-order valence-electron chi connectivity index (χ3n) is 5.65.